The highest BCUT2D eigenvalue weighted by molar-refractivity contribution is 6.31. The number of unbranched alkanes of at least 4 members (excludes halogenated alkanes) is 3. The fraction of sp³-hybridized carbons (Fsp3) is 0.625. The topological polar surface area (TPSA) is 30.7 Å². The van der Waals surface area contributed by atoms with Crippen LogP contribution in [0.2, 0.25) is 5.02 Å². The minimum absolute atomic E-state index is 0.388. The average molecular weight is 328 g/mol. The third kappa shape index (κ3) is 4.10. The van der Waals surface area contributed by atoms with Gasteiger partial charge in [0.25, 0.3) is 0 Å². The Bertz CT molecular complexity index is 580. The van der Waals surface area contributed by atoms with Crippen LogP contribution in [-0.4, -0.2) is 20.4 Å². The van der Waals surface area contributed by atoms with Crippen LogP contribution in [0.25, 0.3) is 11.2 Å². The maximum atomic E-state index is 6.02. The normalized spacial score (nSPS) is 13.0. The standard InChI is InChI=1S/C16H23Cl2N3/c1-3-4-5-6-7-12(2)21-15(8-9-17)20-14-10-13(18)11-19-16(14)21/h10-12H,3-9H2,1-2H3. The molecule has 5 heteroatoms. The van der Waals surface area contributed by atoms with Crippen LogP contribution < -0.4 is 0 Å². The summed E-state index contributed by atoms with van der Waals surface area (Å²) in [5.41, 5.74) is 1.78. The zero-order valence-electron chi connectivity index (χ0n) is 12.8. The van der Waals surface area contributed by atoms with Gasteiger partial charge < -0.3 is 4.57 Å². The second-order valence-electron chi connectivity index (χ2n) is 5.53. The van der Waals surface area contributed by atoms with E-state index in [0.717, 1.165) is 29.8 Å². The second-order valence-corrected chi connectivity index (χ2v) is 6.35. The number of hydrogen-bond acceptors (Lipinski definition) is 2. The number of aryl methyl sites for hydroxylation is 1. The molecular weight excluding hydrogens is 305 g/mol. The van der Waals surface area contributed by atoms with Gasteiger partial charge in [0.2, 0.25) is 0 Å². The van der Waals surface area contributed by atoms with E-state index in [4.69, 9.17) is 23.2 Å². The number of fused-ring (bicyclic) bond motifs is 1. The van der Waals surface area contributed by atoms with Gasteiger partial charge in [0.05, 0.1) is 5.02 Å². The van der Waals surface area contributed by atoms with Crippen LogP contribution in [-0.2, 0) is 6.42 Å². The summed E-state index contributed by atoms with van der Waals surface area (Å²) in [6.45, 7) is 4.47. The van der Waals surface area contributed by atoms with Gasteiger partial charge in [-0.2, -0.15) is 0 Å². The molecule has 0 amide bonds. The van der Waals surface area contributed by atoms with Crippen LogP contribution in [0.5, 0.6) is 0 Å². The van der Waals surface area contributed by atoms with Crippen LogP contribution in [0.3, 0.4) is 0 Å². The molecule has 0 aliphatic carbocycles. The SMILES string of the molecule is CCCCCCC(C)n1c(CCCl)nc2cc(Cl)cnc21. The molecule has 0 saturated heterocycles. The number of halogens is 2. The van der Waals surface area contributed by atoms with E-state index in [2.05, 4.69) is 28.4 Å². The molecular formula is C16H23Cl2N3. The number of aromatic nitrogens is 3. The summed E-state index contributed by atoms with van der Waals surface area (Å²) in [5, 5.41) is 0.625. The lowest BCUT2D eigenvalue weighted by Gasteiger charge is -2.16. The Hall–Kier alpha value is -0.800. The molecule has 116 valence electrons. The van der Waals surface area contributed by atoms with Gasteiger partial charge in [-0.25, -0.2) is 9.97 Å². The molecule has 0 aliphatic heterocycles. The third-order valence-corrected chi connectivity index (χ3v) is 4.20. The van der Waals surface area contributed by atoms with Crippen LogP contribution in [0.1, 0.15) is 57.8 Å². The van der Waals surface area contributed by atoms with Crippen LogP contribution in [0.4, 0.5) is 0 Å². The Kier molecular flexibility index (Phi) is 6.31. The zero-order chi connectivity index (χ0) is 15.2. The molecule has 0 aromatic carbocycles. The Labute approximate surface area is 136 Å². The number of nitrogens with zero attached hydrogens (tertiary/aromatic N) is 3. The maximum absolute atomic E-state index is 6.02. The molecule has 0 radical (unpaired) electrons. The molecule has 0 N–H and O–H groups in total. The Balaban J connectivity index is 2.24. The van der Waals surface area contributed by atoms with E-state index < -0.39 is 0 Å². The summed E-state index contributed by atoms with van der Waals surface area (Å²) in [6, 6.07) is 2.26. The molecule has 2 aromatic heterocycles. The predicted octanol–water partition coefficient (Wildman–Crippen LogP) is 5.40. The van der Waals surface area contributed by atoms with Gasteiger partial charge in [0, 0.05) is 24.5 Å². The first-order chi connectivity index (χ1) is 10.2. The predicted molar refractivity (Wildman–Crippen MR) is 90.4 cm³/mol. The molecule has 0 saturated carbocycles. The van der Waals surface area contributed by atoms with Crippen molar-refractivity contribution in [2.24, 2.45) is 0 Å². The van der Waals surface area contributed by atoms with E-state index in [1.54, 1.807) is 6.20 Å². The fourth-order valence-corrected chi connectivity index (χ4v) is 3.05. The summed E-state index contributed by atoms with van der Waals surface area (Å²) in [4.78, 5) is 9.13. The molecule has 1 atom stereocenters. The summed E-state index contributed by atoms with van der Waals surface area (Å²) >= 11 is 11.9. The van der Waals surface area contributed by atoms with Gasteiger partial charge in [-0.1, -0.05) is 44.2 Å². The second kappa shape index (κ2) is 8.00. The highest BCUT2D eigenvalue weighted by atomic mass is 35.5. The van der Waals surface area contributed by atoms with Crippen molar-refractivity contribution in [3.8, 4) is 0 Å². The summed E-state index contributed by atoms with van der Waals surface area (Å²) in [7, 11) is 0. The quantitative estimate of drug-likeness (QED) is 0.480. The highest BCUT2D eigenvalue weighted by Crippen LogP contribution is 2.25. The lowest BCUT2D eigenvalue weighted by atomic mass is 10.1. The van der Waals surface area contributed by atoms with E-state index in [1.807, 2.05) is 6.07 Å². The summed E-state index contributed by atoms with van der Waals surface area (Å²) < 4.78 is 2.24. The van der Waals surface area contributed by atoms with Crippen LogP contribution >= 0.6 is 23.2 Å². The van der Waals surface area contributed by atoms with Crippen molar-refractivity contribution in [2.45, 2.75) is 58.4 Å². The third-order valence-electron chi connectivity index (χ3n) is 3.80. The first-order valence-electron chi connectivity index (χ1n) is 7.75. The molecule has 0 fully saturated rings. The van der Waals surface area contributed by atoms with Gasteiger partial charge in [-0.05, 0) is 19.4 Å². The monoisotopic (exact) mass is 327 g/mol. The summed E-state index contributed by atoms with van der Waals surface area (Å²) in [5.74, 6) is 1.58. The molecule has 1 unspecified atom stereocenters. The van der Waals surface area contributed by atoms with E-state index in [-0.39, 0.29) is 0 Å². The fourth-order valence-electron chi connectivity index (χ4n) is 2.72. The first-order valence-corrected chi connectivity index (χ1v) is 8.67. The van der Waals surface area contributed by atoms with Crippen LogP contribution in [0, 0.1) is 0 Å². The largest absolute Gasteiger partial charge is 0.310 e. The van der Waals surface area contributed by atoms with E-state index in [1.165, 1.54) is 25.7 Å². The van der Waals surface area contributed by atoms with Crippen molar-refractivity contribution in [2.75, 3.05) is 5.88 Å². The Morgan fingerprint density at radius 1 is 1.29 bits per heavy atom. The molecule has 2 aromatic rings. The number of pyridine rings is 1. The van der Waals surface area contributed by atoms with Crippen molar-refractivity contribution < 1.29 is 0 Å². The summed E-state index contributed by atoms with van der Waals surface area (Å²) in [6.07, 6.45) is 8.69. The van der Waals surface area contributed by atoms with E-state index in [0.29, 0.717) is 16.9 Å². The molecule has 21 heavy (non-hydrogen) atoms. The van der Waals surface area contributed by atoms with Crippen molar-refractivity contribution in [3.05, 3.63) is 23.1 Å². The minimum atomic E-state index is 0.388. The van der Waals surface area contributed by atoms with Gasteiger partial charge in [0.15, 0.2) is 5.65 Å². The number of imidazole rings is 1. The van der Waals surface area contributed by atoms with Crippen molar-refractivity contribution in [1.82, 2.24) is 14.5 Å². The number of hydrogen-bond donors (Lipinski definition) is 0. The Morgan fingerprint density at radius 2 is 2.10 bits per heavy atom. The van der Waals surface area contributed by atoms with Crippen molar-refractivity contribution in [1.29, 1.82) is 0 Å². The van der Waals surface area contributed by atoms with Gasteiger partial charge >= 0.3 is 0 Å². The molecule has 2 heterocycles. The maximum Gasteiger partial charge on any atom is 0.160 e. The molecule has 0 aliphatic rings. The molecule has 0 spiro atoms. The highest BCUT2D eigenvalue weighted by Gasteiger charge is 2.16. The molecule has 3 nitrogen and oxygen atoms in total. The molecule has 0 bridgehead atoms. The number of rotatable bonds is 8. The Morgan fingerprint density at radius 3 is 2.81 bits per heavy atom. The zero-order valence-corrected chi connectivity index (χ0v) is 14.3. The van der Waals surface area contributed by atoms with E-state index >= 15 is 0 Å². The van der Waals surface area contributed by atoms with Crippen molar-refractivity contribution in [3.63, 3.8) is 0 Å². The van der Waals surface area contributed by atoms with Crippen LogP contribution in [0.15, 0.2) is 12.3 Å². The number of alkyl halides is 1. The van der Waals surface area contributed by atoms with E-state index in [9.17, 15) is 0 Å². The smallest absolute Gasteiger partial charge is 0.160 e. The minimum Gasteiger partial charge on any atom is -0.310 e. The van der Waals surface area contributed by atoms with Gasteiger partial charge in [-0.3, -0.25) is 0 Å². The first kappa shape index (κ1) is 16.6. The lowest BCUT2D eigenvalue weighted by Crippen LogP contribution is -2.10. The lowest BCUT2D eigenvalue weighted by molar-refractivity contribution is 0.468. The molecule has 2 rings (SSSR count). The van der Waals surface area contributed by atoms with Gasteiger partial charge in [-0.15, -0.1) is 11.6 Å². The van der Waals surface area contributed by atoms with Crippen molar-refractivity contribution >= 4 is 34.4 Å². The van der Waals surface area contributed by atoms with Gasteiger partial charge in [0.1, 0.15) is 11.3 Å². The average Bonchev–Trinajstić information content (AvgIpc) is 2.81.